The van der Waals surface area contributed by atoms with E-state index in [1.807, 2.05) is 11.9 Å². The molecule has 0 unspecified atom stereocenters. The molecule has 1 saturated heterocycles. The van der Waals surface area contributed by atoms with E-state index in [2.05, 4.69) is 10.2 Å². The van der Waals surface area contributed by atoms with Crippen molar-refractivity contribution in [2.75, 3.05) is 45.2 Å². The highest BCUT2D eigenvalue weighted by atomic mass is 35.5. The summed E-state index contributed by atoms with van der Waals surface area (Å²) in [6, 6.07) is 3.92. The van der Waals surface area contributed by atoms with Gasteiger partial charge >= 0.3 is 0 Å². The largest absolute Gasteiger partial charge is 0.395 e. The molecule has 1 heterocycles. The number of piperazine rings is 1. The van der Waals surface area contributed by atoms with E-state index >= 15 is 0 Å². The minimum absolute atomic E-state index is 0.0134. The Morgan fingerprint density at radius 3 is 2.87 bits per heavy atom. The molecule has 0 aromatic heterocycles. The summed E-state index contributed by atoms with van der Waals surface area (Å²) in [4.78, 5) is 26.2. The van der Waals surface area contributed by atoms with Gasteiger partial charge in [-0.1, -0.05) is 11.6 Å². The van der Waals surface area contributed by atoms with Crippen molar-refractivity contribution in [2.24, 2.45) is 0 Å². The number of nitrogens with one attached hydrogen (secondary N) is 1. The molecule has 9 heteroatoms. The van der Waals surface area contributed by atoms with Gasteiger partial charge in [-0.05, 0) is 13.1 Å². The molecule has 0 spiro atoms. The summed E-state index contributed by atoms with van der Waals surface area (Å²) >= 11 is 5.95. The predicted octanol–water partition coefficient (Wildman–Crippen LogP) is 0.795. The van der Waals surface area contributed by atoms with Crippen LogP contribution in [0.2, 0.25) is 5.02 Å². The molecule has 2 N–H and O–H groups in total. The third-order valence-corrected chi connectivity index (χ3v) is 4.19. The van der Waals surface area contributed by atoms with Crippen LogP contribution in [0.15, 0.2) is 18.2 Å². The van der Waals surface area contributed by atoms with Gasteiger partial charge in [0.15, 0.2) is 0 Å². The molecule has 0 aliphatic carbocycles. The van der Waals surface area contributed by atoms with Gasteiger partial charge < -0.3 is 10.4 Å². The van der Waals surface area contributed by atoms with E-state index in [0.717, 1.165) is 13.1 Å². The number of aliphatic hydroxyl groups is 1. The standard InChI is InChI=1S/C14H19ClN4O4/c1-17-4-5-18(7-11(17)9-20)8-14(21)16-13-3-2-10(19(22)23)6-12(13)15/h2-3,6,11,20H,4-5,7-9H2,1H3,(H,16,21)/t11-/m0/s1. The third-order valence-electron chi connectivity index (χ3n) is 3.88. The molecule has 1 aliphatic heterocycles. The molecule has 1 aromatic carbocycles. The summed E-state index contributed by atoms with van der Waals surface area (Å²) in [5, 5.41) is 22.8. The molecule has 0 saturated carbocycles. The Morgan fingerprint density at radius 2 is 2.26 bits per heavy atom. The van der Waals surface area contributed by atoms with Gasteiger partial charge in [0.1, 0.15) is 0 Å². The number of nitrogens with zero attached hydrogens (tertiary/aromatic N) is 3. The maximum atomic E-state index is 12.1. The van der Waals surface area contributed by atoms with E-state index in [0.29, 0.717) is 12.2 Å². The highest BCUT2D eigenvalue weighted by molar-refractivity contribution is 6.34. The molecule has 2 rings (SSSR count). The van der Waals surface area contributed by atoms with Crippen molar-refractivity contribution in [3.8, 4) is 0 Å². The Morgan fingerprint density at radius 1 is 1.52 bits per heavy atom. The number of likely N-dealkylation sites (N-methyl/N-ethyl adjacent to an activating group) is 1. The fourth-order valence-electron chi connectivity index (χ4n) is 2.46. The average molecular weight is 343 g/mol. The molecule has 1 aromatic rings. The zero-order valence-electron chi connectivity index (χ0n) is 12.7. The summed E-state index contributed by atoms with van der Waals surface area (Å²) in [7, 11) is 1.94. The van der Waals surface area contributed by atoms with Crippen LogP contribution in [0.5, 0.6) is 0 Å². The van der Waals surface area contributed by atoms with Crippen LogP contribution in [0.1, 0.15) is 0 Å². The van der Waals surface area contributed by atoms with Crippen molar-refractivity contribution in [3.63, 3.8) is 0 Å². The molecule has 23 heavy (non-hydrogen) atoms. The maximum Gasteiger partial charge on any atom is 0.271 e. The van der Waals surface area contributed by atoms with Gasteiger partial charge in [-0.15, -0.1) is 0 Å². The number of aliphatic hydroxyl groups excluding tert-OH is 1. The van der Waals surface area contributed by atoms with E-state index < -0.39 is 4.92 Å². The van der Waals surface area contributed by atoms with Crippen LogP contribution in [0.4, 0.5) is 11.4 Å². The number of nitro benzene ring substituents is 1. The molecule has 0 radical (unpaired) electrons. The second-order valence-electron chi connectivity index (χ2n) is 5.52. The number of rotatable bonds is 5. The van der Waals surface area contributed by atoms with Gasteiger partial charge in [0.2, 0.25) is 5.91 Å². The van der Waals surface area contributed by atoms with E-state index in [4.69, 9.17) is 11.6 Å². The number of amides is 1. The van der Waals surface area contributed by atoms with E-state index in [-0.39, 0.29) is 35.8 Å². The minimum atomic E-state index is -0.545. The number of carbonyl (C=O) groups is 1. The van der Waals surface area contributed by atoms with Gasteiger partial charge in [-0.25, -0.2) is 0 Å². The van der Waals surface area contributed by atoms with Crippen molar-refractivity contribution in [2.45, 2.75) is 6.04 Å². The molecule has 8 nitrogen and oxygen atoms in total. The Balaban J connectivity index is 1.93. The summed E-state index contributed by atoms with van der Waals surface area (Å²) in [5.74, 6) is -0.248. The van der Waals surface area contributed by atoms with Crippen LogP contribution in [0.3, 0.4) is 0 Å². The summed E-state index contributed by atoms with van der Waals surface area (Å²) < 4.78 is 0. The number of non-ortho nitro benzene ring substituents is 1. The Hall–Kier alpha value is -1.74. The monoisotopic (exact) mass is 342 g/mol. The molecular formula is C14H19ClN4O4. The second kappa shape index (κ2) is 7.69. The normalized spacial score (nSPS) is 19.5. The van der Waals surface area contributed by atoms with E-state index in [9.17, 15) is 20.0 Å². The molecule has 1 atom stereocenters. The predicted molar refractivity (Wildman–Crippen MR) is 86.7 cm³/mol. The number of carbonyl (C=O) groups excluding carboxylic acids is 1. The highest BCUT2D eigenvalue weighted by Crippen LogP contribution is 2.26. The maximum absolute atomic E-state index is 12.1. The van der Waals surface area contributed by atoms with E-state index in [1.54, 1.807) is 0 Å². The molecule has 126 valence electrons. The second-order valence-corrected chi connectivity index (χ2v) is 5.93. The van der Waals surface area contributed by atoms with Crippen molar-refractivity contribution >= 4 is 28.9 Å². The molecule has 1 aliphatic rings. The quantitative estimate of drug-likeness (QED) is 0.606. The van der Waals surface area contributed by atoms with Gasteiger partial charge in [0.25, 0.3) is 5.69 Å². The van der Waals surface area contributed by atoms with Gasteiger partial charge in [0, 0.05) is 37.8 Å². The summed E-state index contributed by atoms with van der Waals surface area (Å²) in [6.45, 7) is 2.33. The van der Waals surface area contributed by atoms with Crippen LogP contribution in [0, 0.1) is 10.1 Å². The van der Waals surface area contributed by atoms with Crippen LogP contribution in [0.25, 0.3) is 0 Å². The van der Waals surface area contributed by atoms with Crippen LogP contribution in [-0.2, 0) is 4.79 Å². The number of anilines is 1. The topological polar surface area (TPSA) is 99.0 Å². The number of benzene rings is 1. The van der Waals surface area contributed by atoms with Crippen molar-refractivity contribution < 1.29 is 14.8 Å². The number of nitro groups is 1. The average Bonchev–Trinajstić information content (AvgIpc) is 2.51. The van der Waals surface area contributed by atoms with Crippen LogP contribution >= 0.6 is 11.6 Å². The first-order chi connectivity index (χ1) is 10.9. The highest BCUT2D eigenvalue weighted by Gasteiger charge is 2.25. The van der Waals surface area contributed by atoms with Crippen molar-refractivity contribution in [1.82, 2.24) is 9.80 Å². The SMILES string of the molecule is CN1CCN(CC(=O)Nc2ccc([N+](=O)[O-])cc2Cl)C[C@H]1CO. The third kappa shape index (κ3) is 4.61. The molecule has 1 fully saturated rings. The van der Waals surface area contributed by atoms with Crippen LogP contribution in [-0.4, -0.2) is 71.6 Å². The summed E-state index contributed by atoms with van der Waals surface area (Å²) in [5.41, 5.74) is 0.216. The van der Waals surface area contributed by atoms with Crippen molar-refractivity contribution in [3.05, 3.63) is 33.3 Å². The van der Waals surface area contributed by atoms with Crippen LogP contribution < -0.4 is 5.32 Å². The van der Waals surface area contributed by atoms with Gasteiger partial charge in [-0.3, -0.25) is 24.7 Å². The van der Waals surface area contributed by atoms with E-state index in [1.165, 1.54) is 18.2 Å². The lowest BCUT2D eigenvalue weighted by atomic mass is 10.2. The summed E-state index contributed by atoms with van der Waals surface area (Å²) in [6.07, 6.45) is 0. The number of hydrogen-bond acceptors (Lipinski definition) is 6. The zero-order chi connectivity index (χ0) is 17.0. The van der Waals surface area contributed by atoms with Gasteiger partial charge in [-0.2, -0.15) is 0 Å². The minimum Gasteiger partial charge on any atom is -0.395 e. The lowest BCUT2D eigenvalue weighted by molar-refractivity contribution is -0.384. The lowest BCUT2D eigenvalue weighted by Gasteiger charge is -2.38. The Bertz CT molecular complexity index is 598. The first kappa shape index (κ1) is 17.6. The molecular weight excluding hydrogens is 324 g/mol. The first-order valence-electron chi connectivity index (χ1n) is 7.18. The zero-order valence-corrected chi connectivity index (χ0v) is 13.5. The Labute approximate surface area is 138 Å². The Kier molecular flexibility index (Phi) is 5.89. The fourth-order valence-corrected chi connectivity index (χ4v) is 2.68. The molecule has 1 amide bonds. The number of halogens is 1. The smallest absolute Gasteiger partial charge is 0.271 e. The number of hydrogen-bond donors (Lipinski definition) is 2. The molecule has 0 bridgehead atoms. The fraction of sp³-hybridized carbons (Fsp3) is 0.500. The first-order valence-corrected chi connectivity index (χ1v) is 7.55. The van der Waals surface area contributed by atoms with Gasteiger partial charge in [0.05, 0.1) is 28.8 Å². The lowest BCUT2D eigenvalue weighted by Crippen LogP contribution is -2.54. The van der Waals surface area contributed by atoms with Crippen molar-refractivity contribution in [1.29, 1.82) is 0 Å².